The van der Waals surface area contributed by atoms with E-state index in [1.54, 1.807) is 53.4 Å². The minimum Gasteiger partial charge on any atom is -0.325 e. The zero-order valence-electron chi connectivity index (χ0n) is 12.7. The van der Waals surface area contributed by atoms with Gasteiger partial charge >= 0.3 is 0 Å². The molecule has 6 heteroatoms. The zero-order chi connectivity index (χ0) is 17.1. The minimum atomic E-state index is -0.458. The Hall–Kier alpha value is -2.84. The quantitative estimate of drug-likeness (QED) is 0.933. The summed E-state index contributed by atoms with van der Waals surface area (Å²) >= 11 is 5.86. The third-order valence-corrected chi connectivity index (χ3v) is 4.19. The second kappa shape index (κ2) is 6.73. The molecule has 3 rings (SSSR count). The summed E-state index contributed by atoms with van der Waals surface area (Å²) in [6.07, 6.45) is 0.142. The van der Waals surface area contributed by atoms with E-state index in [0.717, 1.165) is 5.69 Å². The third-order valence-electron chi connectivity index (χ3n) is 3.94. The van der Waals surface area contributed by atoms with Crippen molar-refractivity contribution in [2.75, 3.05) is 16.8 Å². The molecule has 5 nitrogen and oxygen atoms in total. The maximum atomic E-state index is 12.4. The van der Waals surface area contributed by atoms with Gasteiger partial charge in [-0.1, -0.05) is 23.7 Å². The van der Waals surface area contributed by atoms with Crippen LogP contribution in [0.15, 0.2) is 48.5 Å². The molecule has 1 atom stereocenters. The molecular weight excluding hydrogens is 326 g/mol. The van der Waals surface area contributed by atoms with E-state index >= 15 is 0 Å². The predicted octanol–water partition coefficient (Wildman–Crippen LogP) is 3.20. The van der Waals surface area contributed by atoms with Crippen molar-refractivity contribution in [2.24, 2.45) is 5.92 Å². The number of halogens is 1. The smallest absolute Gasteiger partial charge is 0.229 e. The van der Waals surface area contributed by atoms with E-state index < -0.39 is 5.92 Å². The van der Waals surface area contributed by atoms with Crippen LogP contribution in [0, 0.1) is 17.2 Å². The fourth-order valence-corrected chi connectivity index (χ4v) is 2.80. The lowest BCUT2D eigenvalue weighted by Gasteiger charge is -2.17. The van der Waals surface area contributed by atoms with Crippen LogP contribution < -0.4 is 10.2 Å². The number of amides is 2. The SMILES string of the molecule is N#Cc1ccccc1NC(=O)C1CC(=O)N(c2ccc(Cl)cc2)C1. The molecule has 0 bridgehead atoms. The summed E-state index contributed by atoms with van der Waals surface area (Å²) in [5.74, 6) is -0.825. The Morgan fingerprint density at radius 2 is 1.92 bits per heavy atom. The molecule has 1 unspecified atom stereocenters. The van der Waals surface area contributed by atoms with Gasteiger partial charge in [-0.2, -0.15) is 5.26 Å². The van der Waals surface area contributed by atoms with Crippen LogP contribution in [0.1, 0.15) is 12.0 Å². The van der Waals surface area contributed by atoms with Crippen LogP contribution in [0.2, 0.25) is 5.02 Å². The number of anilines is 2. The number of hydrogen-bond acceptors (Lipinski definition) is 3. The number of para-hydroxylation sites is 1. The standard InChI is InChI=1S/C18H14ClN3O2/c19-14-5-7-15(8-6-14)22-11-13(9-17(22)23)18(24)21-16-4-2-1-3-12(16)10-20/h1-8,13H,9,11H2,(H,21,24). The van der Waals surface area contributed by atoms with Gasteiger partial charge in [0.1, 0.15) is 6.07 Å². The molecule has 0 saturated carbocycles. The van der Waals surface area contributed by atoms with Crippen molar-refractivity contribution >= 4 is 34.8 Å². The molecule has 1 aliphatic rings. The molecule has 0 spiro atoms. The van der Waals surface area contributed by atoms with Gasteiger partial charge in [-0.05, 0) is 36.4 Å². The van der Waals surface area contributed by atoms with Crippen molar-refractivity contribution in [3.05, 3.63) is 59.1 Å². The summed E-state index contributed by atoms with van der Waals surface area (Å²) in [5.41, 5.74) is 1.57. The molecule has 0 aliphatic carbocycles. The number of carbonyl (C=O) groups is 2. The average Bonchev–Trinajstić information content (AvgIpc) is 2.98. The monoisotopic (exact) mass is 339 g/mol. The molecule has 1 aliphatic heterocycles. The van der Waals surface area contributed by atoms with Crippen LogP contribution >= 0.6 is 11.6 Å². The molecule has 2 aromatic rings. The number of benzene rings is 2. The molecule has 1 saturated heterocycles. The molecule has 1 fully saturated rings. The van der Waals surface area contributed by atoms with Crippen LogP contribution in [0.25, 0.3) is 0 Å². The Labute approximate surface area is 144 Å². The maximum Gasteiger partial charge on any atom is 0.229 e. The Kier molecular flexibility index (Phi) is 4.50. The summed E-state index contributed by atoms with van der Waals surface area (Å²) in [4.78, 5) is 26.2. The zero-order valence-corrected chi connectivity index (χ0v) is 13.5. The lowest BCUT2D eigenvalue weighted by atomic mass is 10.1. The number of rotatable bonds is 3. The highest BCUT2D eigenvalue weighted by molar-refractivity contribution is 6.30. The van der Waals surface area contributed by atoms with Gasteiger partial charge in [-0.25, -0.2) is 0 Å². The van der Waals surface area contributed by atoms with E-state index in [1.807, 2.05) is 6.07 Å². The van der Waals surface area contributed by atoms with Crippen LogP contribution in [0.3, 0.4) is 0 Å². The van der Waals surface area contributed by atoms with Crippen molar-refractivity contribution < 1.29 is 9.59 Å². The number of nitrogens with one attached hydrogen (secondary N) is 1. The Bertz CT molecular complexity index is 827. The summed E-state index contributed by atoms with van der Waals surface area (Å²) < 4.78 is 0. The number of nitriles is 1. The fourth-order valence-electron chi connectivity index (χ4n) is 2.68. The Balaban J connectivity index is 1.72. The third kappa shape index (κ3) is 3.24. The number of nitrogens with zero attached hydrogens (tertiary/aromatic N) is 2. The van der Waals surface area contributed by atoms with Gasteiger partial charge in [0, 0.05) is 23.7 Å². The molecule has 1 heterocycles. The van der Waals surface area contributed by atoms with Gasteiger partial charge in [0.05, 0.1) is 17.2 Å². The van der Waals surface area contributed by atoms with Crippen molar-refractivity contribution in [3.8, 4) is 6.07 Å². The first-order valence-electron chi connectivity index (χ1n) is 7.44. The number of hydrogen-bond donors (Lipinski definition) is 1. The van der Waals surface area contributed by atoms with E-state index in [0.29, 0.717) is 22.8 Å². The topological polar surface area (TPSA) is 73.2 Å². The molecular formula is C18H14ClN3O2. The first-order valence-corrected chi connectivity index (χ1v) is 7.82. The summed E-state index contributed by atoms with van der Waals surface area (Å²) in [6, 6.07) is 15.7. The second-order valence-electron chi connectivity index (χ2n) is 5.53. The van der Waals surface area contributed by atoms with Gasteiger partial charge in [0.15, 0.2) is 0 Å². The Morgan fingerprint density at radius 1 is 1.21 bits per heavy atom. The minimum absolute atomic E-state index is 0.106. The largest absolute Gasteiger partial charge is 0.325 e. The van der Waals surface area contributed by atoms with E-state index in [4.69, 9.17) is 16.9 Å². The predicted molar refractivity (Wildman–Crippen MR) is 91.7 cm³/mol. The first kappa shape index (κ1) is 16.0. The lowest BCUT2D eigenvalue weighted by molar-refractivity contribution is -0.122. The van der Waals surface area contributed by atoms with Crippen molar-refractivity contribution in [2.45, 2.75) is 6.42 Å². The highest BCUT2D eigenvalue weighted by Gasteiger charge is 2.35. The van der Waals surface area contributed by atoms with E-state index in [-0.39, 0.29) is 18.2 Å². The van der Waals surface area contributed by atoms with Crippen LogP contribution in [-0.4, -0.2) is 18.4 Å². The average molecular weight is 340 g/mol. The fraction of sp³-hybridized carbons (Fsp3) is 0.167. The molecule has 24 heavy (non-hydrogen) atoms. The highest BCUT2D eigenvalue weighted by Crippen LogP contribution is 2.27. The van der Waals surface area contributed by atoms with Gasteiger partial charge < -0.3 is 10.2 Å². The number of carbonyl (C=O) groups excluding carboxylic acids is 2. The second-order valence-corrected chi connectivity index (χ2v) is 5.96. The van der Waals surface area contributed by atoms with Gasteiger partial charge in [-0.3, -0.25) is 9.59 Å². The maximum absolute atomic E-state index is 12.4. The lowest BCUT2D eigenvalue weighted by Crippen LogP contribution is -2.28. The summed E-state index contributed by atoms with van der Waals surface area (Å²) in [7, 11) is 0. The van der Waals surface area contributed by atoms with Crippen LogP contribution in [0.5, 0.6) is 0 Å². The van der Waals surface area contributed by atoms with Gasteiger partial charge in [0.25, 0.3) is 0 Å². The molecule has 0 aromatic heterocycles. The van der Waals surface area contributed by atoms with E-state index in [2.05, 4.69) is 5.32 Å². The normalized spacial score (nSPS) is 16.8. The summed E-state index contributed by atoms with van der Waals surface area (Å²) in [5, 5.41) is 12.4. The van der Waals surface area contributed by atoms with E-state index in [9.17, 15) is 9.59 Å². The van der Waals surface area contributed by atoms with Crippen molar-refractivity contribution in [1.29, 1.82) is 5.26 Å². The van der Waals surface area contributed by atoms with Gasteiger partial charge in [0.2, 0.25) is 11.8 Å². The molecule has 2 aromatic carbocycles. The molecule has 0 radical (unpaired) electrons. The first-order chi connectivity index (χ1) is 11.6. The molecule has 2 amide bonds. The van der Waals surface area contributed by atoms with E-state index in [1.165, 1.54) is 0 Å². The highest BCUT2D eigenvalue weighted by atomic mass is 35.5. The van der Waals surface area contributed by atoms with Crippen LogP contribution in [-0.2, 0) is 9.59 Å². The van der Waals surface area contributed by atoms with Crippen LogP contribution in [0.4, 0.5) is 11.4 Å². The molecule has 120 valence electrons. The van der Waals surface area contributed by atoms with Crippen molar-refractivity contribution in [1.82, 2.24) is 0 Å². The van der Waals surface area contributed by atoms with Gasteiger partial charge in [-0.15, -0.1) is 0 Å². The Morgan fingerprint density at radius 3 is 2.62 bits per heavy atom. The van der Waals surface area contributed by atoms with Crippen molar-refractivity contribution in [3.63, 3.8) is 0 Å². The summed E-state index contributed by atoms with van der Waals surface area (Å²) in [6.45, 7) is 0.307. The molecule has 1 N–H and O–H groups in total.